The van der Waals surface area contributed by atoms with Crippen molar-refractivity contribution in [3.63, 3.8) is 0 Å². The van der Waals surface area contributed by atoms with Crippen LogP contribution in [0, 0.1) is 5.92 Å². The number of hydrogen-bond donors (Lipinski definition) is 3. The molecule has 0 radical (unpaired) electrons. The van der Waals surface area contributed by atoms with Gasteiger partial charge in [0.2, 0.25) is 0 Å². The molecule has 0 aromatic carbocycles. The molecule has 4 heteroatoms. The van der Waals surface area contributed by atoms with E-state index in [1.165, 1.54) is 0 Å². The van der Waals surface area contributed by atoms with Gasteiger partial charge in [0.25, 0.3) is 0 Å². The van der Waals surface area contributed by atoms with Crippen LogP contribution in [0.15, 0.2) is 0 Å². The molecule has 0 aromatic heterocycles. The summed E-state index contributed by atoms with van der Waals surface area (Å²) >= 11 is 0. The minimum atomic E-state index is -0.151. The number of carbonyl (C=O) groups is 1. The summed E-state index contributed by atoms with van der Waals surface area (Å²) in [4.78, 5) is 11.3. The Morgan fingerprint density at radius 1 is 1.46 bits per heavy atom. The molecule has 0 saturated carbocycles. The van der Waals surface area contributed by atoms with E-state index in [-0.39, 0.29) is 11.6 Å². The average Bonchev–Trinajstić information content (AvgIpc) is 1.78. The van der Waals surface area contributed by atoms with Gasteiger partial charge in [-0.15, -0.1) is 0 Å². The van der Waals surface area contributed by atoms with Crippen molar-refractivity contribution in [2.45, 2.75) is 26.3 Å². The molecule has 13 heavy (non-hydrogen) atoms. The summed E-state index contributed by atoms with van der Waals surface area (Å²) in [6.07, 6.45) is 0. The molecule has 1 fully saturated rings. The third-order valence-electron chi connectivity index (χ3n) is 1.91. The molecule has 1 heterocycles. The third kappa shape index (κ3) is 4.12. The van der Waals surface area contributed by atoms with E-state index in [9.17, 15) is 4.79 Å². The number of nitrogens with one attached hydrogen (secondary N) is 3. The van der Waals surface area contributed by atoms with Gasteiger partial charge in [0, 0.05) is 31.1 Å². The van der Waals surface area contributed by atoms with Gasteiger partial charge in [0.05, 0.1) is 0 Å². The van der Waals surface area contributed by atoms with Gasteiger partial charge in [-0.2, -0.15) is 0 Å². The zero-order chi connectivity index (χ0) is 9.90. The largest absolute Gasteiger partial charge is 0.338 e. The summed E-state index contributed by atoms with van der Waals surface area (Å²) in [7, 11) is 0. The Morgan fingerprint density at radius 3 is 2.46 bits per heavy atom. The SMILES string of the molecule is CC(C)(C)NC(=O)NCC1CNC1. The Labute approximate surface area is 79.5 Å². The normalized spacial score (nSPS) is 17.8. The van der Waals surface area contributed by atoms with E-state index in [1.54, 1.807) is 0 Å². The lowest BCUT2D eigenvalue weighted by molar-refractivity contribution is 0.226. The highest BCUT2D eigenvalue weighted by atomic mass is 16.2. The molecule has 1 saturated heterocycles. The molecule has 0 aliphatic carbocycles. The minimum absolute atomic E-state index is 0.0700. The van der Waals surface area contributed by atoms with E-state index in [1.807, 2.05) is 20.8 Å². The summed E-state index contributed by atoms with van der Waals surface area (Å²) in [5.74, 6) is 0.616. The van der Waals surface area contributed by atoms with E-state index in [2.05, 4.69) is 16.0 Å². The molecular formula is C9H19N3O. The van der Waals surface area contributed by atoms with Gasteiger partial charge in [0.1, 0.15) is 0 Å². The van der Waals surface area contributed by atoms with Crippen molar-refractivity contribution >= 4 is 6.03 Å². The van der Waals surface area contributed by atoms with E-state index < -0.39 is 0 Å². The molecule has 0 atom stereocenters. The summed E-state index contributed by atoms with van der Waals surface area (Å²) in [6.45, 7) is 8.73. The topological polar surface area (TPSA) is 53.2 Å². The average molecular weight is 185 g/mol. The van der Waals surface area contributed by atoms with E-state index in [0.29, 0.717) is 5.92 Å². The molecule has 1 aliphatic heterocycles. The second-order valence-electron chi connectivity index (χ2n) is 4.61. The van der Waals surface area contributed by atoms with Crippen LogP contribution in [0.3, 0.4) is 0 Å². The molecule has 0 bridgehead atoms. The lowest BCUT2D eigenvalue weighted by Gasteiger charge is -2.28. The maximum Gasteiger partial charge on any atom is 0.315 e. The van der Waals surface area contributed by atoms with E-state index >= 15 is 0 Å². The Balaban J connectivity index is 2.10. The fourth-order valence-corrected chi connectivity index (χ4v) is 1.11. The molecule has 0 aromatic rings. The highest BCUT2D eigenvalue weighted by Crippen LogP contribution is 2.01. The van der Waals surface area contributed by atoms with Crippen molar-refractivity contribution in [1.29, 1.82) is 0 Å². The van der Waals surface area contributed by atoms with Gasteiger partial charge in [-0.3, -0.25) is 0 Å². The fourth-order valence-electron chi connectivity index (χ4n) is 1.11. The predicted molar refractivity (Wildman–Crippen MR) is 52.6 cm³/mol. The summed E-state index contributed by atoms with van der Waals surface area (Å²) in [5.41, 5.74) is -0.151. The lowest BCUT2D eigenvalue weighted by Crippen LogP contribution is -2.52. The van der Waals surface area contributed by atoms with Crippen LogP contribution < -0.4 is 16.0 Å². The van der Waals surface area contributed by atoms with Crippen molar-refractivity contribution in [3.05, 3.63) is 0 Å². The van der Waals surface area contributed by atoms with E-state index in [4.69, 9.17) is 0 Å². The summed E-state index contributed by atoms with van der Waals surface area (Å²) in [5, 5.41) is 8.86. The van der Waals surface area contributed by atoms with Crippen LogP contribution >= 0.6 is 0 Å². The Hall–Kier alpha value is -0.770. The van der Waals surface area contributed by atoms with Gasteiger partial charge in [0.15, 0.2) is 0 Å². The number of amides is 2. The monoisotopic (exact) mass is 185 g/mol. The van der Waals surface area contributed by atoms with Crippen LogP contribution in [0.4, 0.5) is 4.79 Å². The predicted octanol–water partition coefficient (Wildman–Crippen LogP) is 0.304. The fraction of sp³-hybridized carbons (Fsp3) is 0.889. The van der Waals surface area contributed by atoms with Crippen LogP contribution in [-0.2, 0) is 0 Å². The Kier molecular flexibility index (Phi) is 3.14. The molecule has 76 valence electrons. The lowest BCUT2D eigenvalue weighted by atomic mass is 10.0. The van der Waals surface area contributed by atoms with E-state index in [0.717, 1.165) is 19.6 Å². The van der Waals surface area contributed by atoms with Crippen LogP contribution in [-0.4, -0.2) is 31.2 Å². The first-order valence-corrected chi connectivity index (χ1v) is 4.74. The maximum atomic E-state index is 11.3. The second-order valence-corrected chi connectivity index (χ2v) is 4.61. The second kappa shape index (κ2) is 3.96. The van der Waals surface area contributed by atoms with Crippen LogP contribution in [0.1, 0.15) is 20.8 Å². The molecular weight excluding hydrogens is 166 g/mol. The minimum Gasteiger partial charge on any atom is -0.338 e. The third-order valence-corrected chi connectivity index (χ3v) is 1.91. The summed E-state index contributed by atoms with van der Waals surface area (Å²) < 4.78 is 0. The quantitative estimate of drug-likeness (QED) is 0.579. The first kappa shape index (κ1) is 10.3. The van der Waals surface area contributed by atoms with Gasteiger partial charge in [-0.1, -0.05) is 0 Å². The smallest absolute Gasteiger partial charge is 0.315 e. The van der Waals surface area contributed by atoms with Crippen LogP contribution in [0.25, 0.3) is 0 Å². The van der Waals surface area contributed by atoms with Crippen molar-refractivity contribution in [2.24, 2.45) is 5.92 Å². The number of rotatable bonds is 2. The van der Waals surface area contributed by atoms with Crippen molar-refractivity contribution in [1.82, 2.24) is 16.0 Å². The van der Waals surface area contributed by atoms with Crippen molar-refractivity contribution in [2.75, 3.05) is 19.6 Å². The molecule has 1 rings (SSSR count). The molecule has 0 spiro atoms. The zero-order valence-electron chi connectivity index (χ0n) is 8.61. The Morgan fingerprint density at radius 2 is 2.08 bits per heavy atom. The van der Waals surface area contributed by atoms with Gasteiger partial charge in [-0.25, -0.2) is 4.79 Å². The Bertz CT molecular complexity index is 182. The first-order chi connectivity index (χ1) is 5.97. The first-order valence-electron chi connectivity index (χ1n) is 4.74. The highest BCUT2D eigenvalue weighted by Gasteiger charge is 2.18. The zero-order valence-corrected chi connectivity index (χ0v) is 8.61. The van der Waals surface area contributed by atoms with Gasteiger partial charge >= 0.3 is 6.03 Å². The van der Waals surface area contributed by atoms with Crippen LogP contribution in [0.2, 0.25) is 0 Å². The molecule has 4 nitrogen and oxygen atoms in total. The van der Waals surface area contributed by atoms with Gasteiger partial charge in [-0.05, 0) is 20.8 Å². The van der Waals surface area contributed by atoms with Crippen LogP contribution in [0.5, 0.6) is 0 Å². The summed E-state index contributed by atoms with van der Waals surface area (Å²) in [6, 6.07) is -0.0700. The maximum absolute atomic E-state index is 11.3. The van der Waals surface area contributed by atoms with Gasteiger partial charge < -0.3 is 16.0 Å². The molecule has 2 amide bonds. The van der Waals surface area contributed by atoms with Crippen molar-refractivity contribution < 1.29 is 4.79 Å². The standard InChI is InChI=1S/C9H19N3O/c1-9(2,3)12-8(13)11-6-7-4-10-5-7/h7,10H,4-6H2,1-3H3,(H2,11,12,13). The molecule has 0 unspecified atom stereocenters. The number of hydrogen-bond acceptors (Lipinski definition) is 2. The molecule has 1 aliphatic rings. The number of urea groups is 1. The van der Waals surface area contributed by atoms with Crippen molar-refractivity contribution in [3.8, 4) is 0 Å². The highest BCUT2D eigenvalue weighted by molar-refractivity contribution is 5.74. The molecule has 3 N–H and O–H groups in total. The number of carbonyl (C=O) groups excluding carboxylic acids is 1.